The van der Waals surface area contributed by atoms with Gasteiger partial charge in [0.25, 0.3) is 5.91 Å². The summed E-state index contributed by atoms with van der Waals surface area (Å²) < 4.78 is 14.7. The molecule has 1 aliphatic rings. The van der Waals surface area contributed by atoms with E-state index in [0.717, 1.165) is 42.9 Å². The monoisotopic (exact) mass is 419 g/mol. The Morgan fingerprint density at radius 1 is 0.968 bits per heavy atom. The molecule has 1 aliphatic carbocycles. The standard InChI is InChI=1S/C24H26FN5O/c25-19-14-18(22(27)31)23(30-24(19)29-21-12-5-4-11-20(21)26)28-17-10-6-9-16(13-17)15-7-2-1-3-8-15/h1-3,6-10,13-14,20-21H,4-5,11-12,26H2,(H2,27,31)(H2,28,29,30). The van der Waals surface area contributed by atoms with Crippen LogP contribution in [0.1, 0.15) is 36.0 Å². The number of benzene rings is 2. The van der Waals surface area contributed by atoms with E-state index in [0.29, 0.717) is 5.69 Å². The number of carbonyl (C=O) groups excluding carboxylic acids is 1. The molecule has 2 unspecified atom stereocenters. The summed E-state index contributed by atoms with van der Waals surface area (Å²) in [7, 11) is 0. The molecule has 1 amide bonds. The van der Waals surface area contributed by atoms with Gasteiger partial charge in [0.1, 0.15) is 5.82 Å². The molecule has 0 bridgehead atoms. The molecule has 6 N–H and O–H groups in total. The SMILES string of the molecule is NC(=O)c1cc(F)c(NC2CCCCC2N)nc1Nc1cccc(-c2ccccc2)c1. The topological polar surface area (TPSA) is 106 Å². The average molecular weight is 420 g/mol. The molecule has 1 fully saturated rings. The van der Waals surface area contributed by atoms with Gasteiger partial charge in [0.15, 0.2) is 11.6 Å². The molecule has 0 saturated heterocycles. The maximum atomic E-state index is 14.7. The van der Waals surface area contributed by atoms with Crippen molar-refractivity contribution < 1.29 is 9.18 Å². The van der Waals surface area contributed by atoms with Crippen LogP contribution in [0.15, 0.2) is 60.7 Å². The number of halogens is 1. The number of amides is 1. The van der Waals surface area contributed by atoms with Crippen molar-refractivity contribution in [1.29, 1.82) is 0 Å². The van der Waals surface area contributed by atoms with Gasteiger partial charge in [-0.2, -0.15) is 0 Å². The minimum absolute atomic E-state index is 0.0129. The molecule has 0 aliphatic heterocycles. The lowest BCUT2D eigenvalue weighted by molar-refractivity contribution is 0.100. The highest BCUT2D eigenvalue weighted by Gasteiger charge is 2.24. The Balaban J connectivity index is 1.64. The maximum absolute atomic E-state index is 14.7. The highest BCUT2D eigenvalue weighted by atomic mass is 19.1. The Morgan fingerprint density at radius 3 is 2.45 bits per heavy atom. The van der Waals surface area contributed by atoms with Gasteiger partial charge in [-0.1, -0.05) is 55.3 Å². The summed E-state index contributed by atoms with van der Waals surface area (Å²) in [6, 6.07) is 18.6. The number of pyridine rings is 1. The number of hydrogen-bond donors (Lipinski definition) is 4. The summed E-state index contributed by atoms with van der Waals surface area (Å²) in [5.41, 5.74) is 14.4. The van der Waals surface area contributed by atoms with E-state index in [-0.39, 0.29) is 29.3 Å². The molecule has 0 spiro atoms. The fraction of sp³-hybridized carbons (Fsp3) is 0.250. The predicted octanol–water partition coefficient (Wildman–Crippen LogP) is 4.41. The third-order valence-electron chi connectivity index (χ3n) is 5.62. The van der Waals surface area contributed by atoms with Crippen LogP contribution >= 0.6 is 0 Å². The number of nitrogens with two attached hydrogens (primary N) is 2. The Hall–Kier alpha value is -3.45. The van der Waals surface area contributed by atoms with Gasteiger partial charge in [-0.05, 0) is 42.2 Å². The molecule has 31 heavy (non-hydrogen) atoms. The minimum Gasteiger partial charge on any atom is -0.365 e. The summed E-state index contributed by atoms with van der Waals surface area (Å²) in [5, 5.41) is 6.26. The zero-order valence-electron chi connectivity index (χ0n) is 17.1. The fourth-order valence-electron chi connectivity index (χ4n) is 3.93. The second-order valence-corrected chi connectivity index (χ2v) is 7.85. The normalized spacial score (nSPS) is 18.4. The second kappa shape index (κ2) is 9.14. The first-order valence-electron chi connectivity index (χ1n) is 10.5. The first-order chi connectivity index (χ1) is 15.0. The number of rotatable bonds is 6. The number of anilines is 3. The molecule has 1 aromatic heterocycles. The number of aromatic nitrogens is 1. The van der Waals surface area contributed by atoms with E-state index in [1.165, 1.54) is 0 Å². The van der Waals surface area contributed by atoms with E-state index in [1.54, 1.807) is 0 Å². The third kappa shape index (κ3) is 4.83. The van der Waals surface area contributed by atoms with Gasteiger partial charge < -0.3 is 22.1 Å². The van der Waals surface area contributed by atoms with Crippen LogP contribution in [0.5, 0.6) is 0 Å². The molecule has 4 rings (SSSR count). The average Bonchev–Trinajstić information content (AvgIpc) is 2.78. The summed E-state index contributed by atoms with van der Waals surface area (Å²) in [5.74, 6) is -1.12. The molecule has 2 aromatic carbocycles. The fourth-order valence-corrected chi connectivity index (χ4v) is 3.93. The predicted molar refractivity (Wildman–Crippen MR) is 122 cm³/mol. The molecule has 1 heterocycles. The van der Waals surface area contributed by atoms with Crippen LogP contribution in [0, 0.1) is 5.82 Å². The van der Waals surface area contributed by atoms with Crippen molar-refractivity contribution in [2.45, 2.75) is 37.8 Å². The van der Waals surface area contributed by atoms with Crippen LogP contribution in [0.2, 0.25) is 0 Å². The van der Waals surface area contributed by atoms with Crippen molar-refractivity contribution in [2.75, 3.05) is 10.6 Å². The minimum atomic E-state index is -0.756. The molecule has 6 nitrogen and oxygen atoms in total. The van der Waals surface area contributed by atoms with E-state index >= 15 is 0 Å². The highest BCUT2D eigenvalue weighted by molar-refractivity contribution is 5.98. The zero-order chi connectivity index (χ0) is 21.8. The number of hydrogen-bond acceptors (Lipinski definition) is 5. The number of nitrogens with zero attached hydrogens (tertiary/aromatic N) is 1. The lowest BCUT2D eigenvalue weighted by Gasteiger charge is -2.30. The molecule has 160 valence electrons. The maximum Gasteiger partial charge on any atom is 0.252 e. The van der Waals surface area contributed by atoms with E-state index < -0.39 is 11.7 Å². The summed E-state index contributed by atoms with van der Waals surface area (Å²) in [6.45, 7) is 0. The molecular formula is C24H26FN5O. The van der Waals surface area contributed by atoms with Gasteiger partial charge in [-0.15, -0.1) is 0 Å². The number of nitrogens with one attached hydrogen (secondary N) is 2. The first kappa shape index (κ1) is 20.8. The summed E-state index contributed by atoms with van der Waals surface area (Å²) >= 11 is 0. The molecular weight excluding hydrogens is 393 g/mol. The van der Waals surface area contributed by atoms with Gasteiger partial charge in [0.05, 0.1) is 5.56 Å². The first-order valence-corrected chi connectivity index (χ1v) is 10.5. The summed E-state index contributed by atoms with van der Waals surface area (Å²) in [6.07, 6.45) is 3.84. The lowest BCUT2D eigenvalue weighted by atomic mass is 9.91. The van der Waals surface area contributed by atoms with Crippen LogP contribution in [0.25, 0.3) is 11.1 Å². The molecule has 2 atom stereocenters. The number of primary amides is 1. The van der Waals surface area contributed by atoms with Crippen LogP contribution in [0.4, 0.5) is 21.7 Å². The van der Waals surface area contributed by atoms with Crippen LogP contribution in [-0.4, -0.2) is 23.0 Å². The molecule has 7 heteroatoms. The Kier molecular flexibility index (Phi) is 6.13. The van der Waals surface area contributed by atoms with Crippen molar-refractivity contribution in [3.63, 3.8) is 0 Å². The lowest BCUT2D eigenvalue weighted by Crippen LogP contribution is -2.43. The van der Waals surface area contributed by atoms with Crippen LogP contribution < -0.4 is 22.1 Å². The smallest absolute Gasteiger partial charge is 0.252 e. The largest absolute Gasteiger partial charge is 0.365 e. The van der Waals surface area contributed by atoms with Gasteiger partial charge in [-0.3, -0.25) is 4.79 Å². The molecule has 0 radical (unpaired) electrons. The van der Waals surface area contributed by atoms with Crippen molar-refractivity contribution in [2.24, 2.45) is 11.5 Å². The molecule has 3 aromatic rings. The van der Waals surface area contributed by atoms with Crippen molar-refractivity contribution in [1.82, 2.24) is 4.98 Å². The van der Waals surface area contributed by atoms with Crippen molar-refractivity contribution in [3.8, 4) is 11.1 Å². The second-order valence-electron chi connectivity index (χ2n) is 7.85. The van der Waals surface area contributed by atoms with Crippen molar-refractivity contribution >= 4 is 23.2 Å². The molecule has 1 saturated carbocycles. The van der Waals surface area contributed by atoms with Crippen molar-refractivity contribution in [3.05, 3.63) is 72.0 Å². The quantitative estimate of drug-likeness (QED) is 0.473. The Bertz CT molecular complexity index is 1070. The van der Waals surface area contributed by atoms with Gasteiger partial charge in [0, 0.05) is 17.8 Å². The van der Waals surface area contributed by atoms with E-state index in [4.69, 9.17) is 11.5 Å². The van der Waals surface area contributed by atoms with Crippen LogP contribution in [-0.2, 0) is 0 Å². The van der Waals surface area contributed by atoms with E-state index in [1.807, 2.05) is 54.6 Å². The van der Waals surface area contributed by atoms with Gasteiger partial charge in [-0.25, -0.2) is 9.37 Å². The van der Waals surface area contributed by atoms with Gasteiger partial charge >= 0.3 is 0 Å². The van der Waals surface area contributed by atoms with Crippen LogP contribution in [0.3, 0.4) is 0 Å². The van der Waals surface area contributed by atoms with E-state index in [2.05, 4.69) is 15.6 Å². The Labute approximate surface area is 180 Å². The summed E-state index contributed by atoms with van der Waals surface area (Å²) in [4.78, 5) is 16.3. The Morgan fingerprint density at radius 2 is 1.71 bits per heavy atom. The number of carbonyl (C=O) groups is 1. The zero-order valence-corrected chi connectivity index (χ0v) is 17.1. The third-order valence-corrected chi connectivity index (χ3v) is 5.62. The van der Waals surface area contributed by atoms with E-state index in [9.17, 15) is 9.18 Å². The highest BCUT2D eigenvalue weighted by Crippen LogP contribution is 2.28. The van der Waals surface area contributed by atoms with Gasteiger partial charge in [0.2, 0.25) is 0 Å².